The molecule has 5 rings (SSSR count). The van der Waals surface area contributed by atoms with Gasteiger partial charge in [0.1, 0.15) is 0 Å². The van der Waals surface area contributed by atoms with E-state index >= 15 is 0 Å². The summed E-state index contributed by atoms with van der Waals surface area (Å²) < 4.78 is 0. The highest BCUT2D eigenvalue weighted by atomic mass is 16.4. The van der Waals surface area contributed by atoms with Crippen molar-refractivity contribution in [1.82, 2.24) is 0 Å². The van der Waals surface area contributed by atoms with Crippen LogP contribution in [0.3, 0.4) is 0 Å². The van der Waals surface area contributed by atoms with Crippen LogP contribution < -0.4 is 0 Å². The zero-order chi connectivity index (χ0) is 17.7. The summed E-state index contributed by atoms with van der Waals surface area (Å²) in [5.41, 5.74) is 8.00. The van der Waals surface area contributed by atoms with Crippen molar-refractivity contribution >= 4 is 16.7 Å². The molecule has 26 heavy (non-hydrogen) atoms. The monoisotopic (exact) mass is 336 g/mol. The van der Waals surface area contributed by atoms with Gasteiger partial charge >= 0.3 is 5.97 Å². The third-order valence-electron chi connectivity index (χ3n) is 5.23. The normalized spacial score (nSPS) is 12.0. The van der Waals surface area contributed by atoms with Crippen LogP contribution in [0.1, 0.15) is 21.5 Å². The van der Waals surface area contributed by atoms with Crippen LogP contribution in [0, 0.1) is 0 Å². The molecule has 0 spiro atoms. The molecule has 0 aliphatic heterocycles. The van der Waals surface area contributed by atoms with Crippen molar-refractivity contribution in [2.24, 2.45) is 0 Å². The maximum absolute atomic E-state index is 11.2. The van der Waals surface area contributed by atoms with Crippen LogP contribution in [-0.2, 0) is 6.42 Å². The molecule has 1 N–H and O–H groups in total. The highest BCUT2D eigenvalue weighted by Gasteiger charge is 2.18. The first-order valence-electron chi connectivity index (χ1n) is 8.68. The predicted octanol–water partition coefficient (Wildman–Crippen LogP) is 5.78. The predicted molar refractivity (Wildman–Crippen MR) is 105 cm³/mol. The lowest BCUT2D eigenvalue weighted by molar-refractivity contribution is 0.0697. The van der Waals surface area contributed by atoms with Crippen LogP contribution in [0.15, 0.2) is 78.9 Å². The van der Waals surface area contributed by atoms with Crippen molar-refractivity contribution in [1.29, 1.82) is 0 Å². The molecule has 1 aliphatic rings. The number of carboxylic acid groups (broad SMARTS) is 1. The van der Waals surface area contributed by atoms with Gasteiger partial charge in [0.2, 0.25) is 0 Å². The lowest BCUT2D eigenvalue weighted by Crippen LogP contribution is -1.95. The van der Waals surface area contributed by atoms with Gasteiger partial charge in [0.15, 0.2) is 0 Å². The second-order valence-electron chi connectivity index (χ2n) is 6.75. The molecule has 0 saturated carbocycles. The molecular weight excluding hydrogens is 320 g/mol. The molecule has 0 aromatic heterocycles. The Labute approximate surface area is 151 Å². The van der Waals surface area contributed by atoms with Crippen molar-refractivity contribution in [2.75, 3.05) is 0 Å². The van der Waals surface area contributed by atoms with E-state index < -0.39 is 5.97 Å². The maximum atomic E-state index is 11.2. The smallest absolute Gasteiger partial charge is 0.335 e. The van der Waals surface area contributed by atoms with Gasteiger partial charge in [-0.2, -0.15) is 0 Å². The number of hydrogen-bond donors (Lipinski definition) is 1. The minimum Gasteiger partial charge on any atom is -0.478 e. The quantitative estimate of drug-likeness (QED) is 0.444. The number of fused-ring (bicyclic) bond motifs is 4. The average Bonchev–Trinajstić information content (AvgIpc) is 3.04. The molecule has 2 heteroatoms. The molecule has 124 valence electrons. The van der Waals surface area contributed by atoms with Crippen LogP contribution >= 0.6 is 0 Å². The zero-order valence-electron chi connectivity index (χ0n) is 14.1. The first kappa shape index (κ1) is 14.9. The topological polar surface area (TPSA) is 37.3 Å². The number of carbonyl (C=O) groups is 1. The van der Waals surface area contributed by atoms with Crippen molar-refractivity contribution < 1.29 is 9.90 Å². The zero-order valence-corrected chi connectivity index (χ0v) is 14.1. The van der Waals surface area contributed by atoms with E-state index in [-0.39, 0.29) is 0 Å². The Morgan fingerprint density at radius 3 is 2.42 bits per heavy atom. The third kappa shape index (κ3) is 2.23. The Hall–Kier alpha value is -3.39. The van der Waals surface area contributed by atoms with Gasteiger partial charge in [-0.1, -0.05) is 66.7 Å². The van der Waals surface area contributed by atoms with Gasteiger partial charge in [-0.25, -0.2) is 4.79 Å². The molecule has 0 radical (unpaired) electrons. The van der Waals surface area contributed by atoms with E-state index in [9.17, 15) is 9.90 Å². The first-order valence-corrected chi connectivity index (χ1v) is 8.68. The van der Waals surface area contributed by atoms with Gasteiger partial charge in [0.25, 0.3) is 0 Å². The van der Waals surface area contributed by atoms with E-state index in [1.165, 1.54) is 27.8 Å². The Morgan fingerprint density at radius 1 is 0.731 bits per heavy atom. The Bertz CT molecular complexity index is 1190. The van der Waals surface area contributed by atoms with Crippen molar-refractivity contribution in [3.8, 4) is 22.3 Å². The molecule has 0 unspecified atom stereocenters. The van der Waals surface area contributed by atoms with Gasteiger partial charge in [0.05, 0.1) is 5.56 Å². The van der Waals surface area contributed by atoms with Crippen molar-refractivity contribution in [3.63, 3.8) is 0 Å². The number of benzene rings is 4. The lowest BCUT2D eigenvalue weighted by Gasteiger charge is -2.10. The highest BCUT2D eigenvalue weighted by Crippen LogP contribution is 2.39. The molecule has 0 heterocycles. The molecule has 0 fully saturated rings. The minimum absolute atomic E-state index is 0.319. The fraction of sp³-hybridized carbons (Fsp3) is 0.0417. The van der Waals surface area contributed by atoms with E-state index in [0.29, 0.717) is 5.56 Å². The molecule has 0 bridgehead atoms. The Morgan fingerprint density at radius 2 is 1.54 bits per heavy atom. The van der Waals surface area contributed by atoms with Gasteiger partial charge < -0.3 is 5.11 Å². The molecule has 4 aromatic carbocycles. The Kier molecular flexibility index (Phi) is 3.19. The van der Waals surface area contributed by atoms with E-state index in [4.69, 9.17) is 0 Å². The minimum atomic E-state index is -0.896. The SMILES string of the molecule is O=C(O)c1ccc2c(-c3ccc4c(c3)Cc3ccccc3-4)cccc2c1. The summed E-state index contributed by atoms with van der Waals surface area (Å²) in [5, 5.41) is 11.2. The number of carboxylic acids is 1. The van der Waals surface area contributed by atoms with Crippen molar-refractivity contribution in [2.45, 2.75) is 6.42 Å². The molecule has 2 nitrogen and oxygen atoms in total. The van der Waals surface area contributed by atoms with Crippen LogP contribution in [0.25, 0.3) is 33.0 Å². The van der Waals surface area contributed by atoms with Gasteiger partial charge in [0, 0.05) is 0 Å². The summed E-state index contributed by atoms with van der Waals surface area (Å²) in [5.74, 6) is -0.896. The second kappa shape index (κ2) is 5.57. The third-order valence-corrected chi connectivity index (χ3v) is 5.23. The molecule has 1 aliphatic carbocycles. The largest absolute Gasteiger partial charge is 0.478 e. The number of rotatable bonds is 2. The summed E-state index contributed by atoms with van der Waals surface area (Å²) in [6.07, 6.45) is 0.966. The van der Waals surface area contributed by atoms with E-state index in [2.05, 4.69) is 48.5 Å². The van der Waals surface area contributed by atoms with E-state index in [1.54, 1.807) is 12.1 Å². The Balaban J connectivity index is 1.65. The fourth-order valence-corrected chi connectivity index (χ4v) is 3.98. The maximum Gasteiger partial charge on any atom is 0.335 e. The van der Waals surface area contributed by atoms with Crippen LogP contribution in [-0.4, -0.2) is 11.1 Å². The standard InChI is InChI=1S/C24H16O2/c25-24(26)18-9-11-22-16(12-18)5-3-7-21(22)17-8-10-23-19(14-17)13-15-4-1-2-6-20(15)23/h1-12,14H,13H2,(H,25,26). The molecule has 0 amide bonds. The summed E-state index contributed by atoms with van der Waals surface area (Å²) >= 11 is 0. The first-order chi connectivity index (χ1) is 12.7. The second-order valence-corrected chi connectivity index (χ2v) is 6.75. The lowest BCUT2D eigenvalue weighted by atomic mass is 9.94. The molecule has 0 saturated heterocycles. The van der Waals surface area contributed by atoms with Crippen LogP contribution in [0.2, 0.25) is 0 Å². The van der Waals surface area contributed by atoms with Crippen LogP contribution in [0.4, 0.5) is 0 Å². The molecule has 4 aromatic rings. The number of aromatic carboxylic acids is 1. The van der Waals surface area contributed by atoms with Gasteiger partial charge in [-0.15, -0.1) is 0 Å². The fourth-order valence-electron chi connectivity index (χ4n) is 3.98. The summed E-state index contributed by atoms with van der Waals surface area (Å²) in [4.78, 5) is 11.2. The van der Waals surface area contributed by atoms with Crippen LogP contribution in [0.5, 0.6) is 0 Å². The highest BCUT2D eigenvalue weighted by molar-refractivity contribution is 6.01. The van der Waals surface area contributed by atoms with E-state index in [0.717, 1.165) is 22.8 Å². The summed E-state index contributed by atoms with van der Waals surface area (Å²) in [7, 11) is 0. The average molecular weight is 336 g/mol. The molecular formula is C24H16O2. The van der Waals surface area contributed by atoms with Gasteiger partial charge in [-0.05, 0) is 62.7 Å². The van der Waals surface area contributed by atoms with Gasteiger partial charge in [-0.3, -0.25) is 0 Å². The summed E-state index contributed by atoms with van der Waals surface area (Å²) in [6, 6.07) is 26.6. The van der Waals surface area contributed by atoms with Crippen molar-refractivity contribution in [3.05, 3.63) is 95.6 Å². The number of hydrogen-bond acceptors (Lipinski definition) is 1. The summed E-state index contributed by atoms with van der Waals surface area (Å²) in [6.45, 7) is 0. The van der Waals surface area contributed by atoms with E-state index in [1.807, 2.05) is 18.2 Å². The molecule has 0 atom stereocenters.